The van der Waals surface area contributed by atoms with Crippen molar-refractivity contribution >= 4 is 10.2 Å². The average Bonchev–Trinajstić information content (AvgIpc) is 3.02. The predicted molar refractivity (Wildman–Crippen MR) is 68.0 cm³/mol. The first kappa shape index (κ1) is 12.0. The van der Waals surface area contributed by atoms with E-state index in [1.165, 1.54) is 49.1 Å². The molecular weight excluding hydrogens is 186 g/mol. The summed E-state index contributed by atoms with van der Waals surface area (Å²) in [5.74, 6) is 0. The molecule has 1 saturated heterocycles. The first-order valence-electron chi connectivity index (χ1n) is 6.04. The van der Waals surface area contributed by atoms with Gasteiger partial charge >= 0.3 is 0 Å². The SMILES string of the molecule is CC=C(CCN1CC1)C([SiH3])(CC)CC. The van der Waals surface area contributed by atoms with E-state index in [0.29, 0.717) is 5.04 Å². The Balaban J connectivity index is 2.49. The van der Waals surface area contributed by atoms with E-state index in [4.69, 9.17) is 0 Å². The van der Waals surface area contributed by atoms with Crippen LogP contribution >= 0.6 is 0 Å². The van der Waals surface area contributed by atoms with Gasteiger partial charge in [-0.2, -0.15) is 0 Å². The molecule has 1 heterocycles. The Hall–Kier alpha value is -0.0831. The van der Waals surface area contributed by atoms with Crippen molar-refractivity contribution in [3.05, 3.63) is 11.6 Å². The molecule has 0 aromatic rings. The van der Waals surface area contributed by atoms with Gasteiger partial charge in [-0.1, -0.05) is 38.3 Å². The average molecular weight is 211 g/mol. The van der Waals surface area contributed by atoms with E-state index >= 15 is 0 Å². The molecule has 1 fully saturated rings. The highest BCUT2D eigenvalue weighted by molar-refractivity contribution is 6.17. The minimum Gasteiger partial charge on any atom is -0.300 e. The summed E-state index contributed by atoms with van der Waals surface area (Å²) in [5, 5.41) is 0.588. The Morgan fingerprint density at radius 3 is 2.29 bits per heavy atom. The largest absolute Gasteiger partial charge is 0.300 e. The van der Waals surface area contributed by atoms with Crippen molar-refractivity contribution in [2.75, 3.05) is 19.6 Å². The fourth-order valence-corrected chi connectivity index (χ4v) is 2.61. The van der Waals surface area contributed by atoms with Crippen molar-refractivity contribution in [3.63, 3.8) is 0 Å². The van der Waals surface area contributed by atoms with Gasteiger partial charge in [-0.25, -0.2) is 0 Å². The van der Waals surface area contributed by atoms with Crippen molar-refractivity contribution < 1.29 is 0 Å². The van der Waals surface area contributed by atoms with Gasteiger partial charge in [0.25, 0.3) is 0 Å². The van der Waals surface area contributed by atoms with E-state index < -0.39 is 0 Å². The molecule has 0 amide bonds. The van der Waals surface area contributed by atoms with Gasteiger partial charge in [0.1, 0.15) is 0 Å². The summed E-state index contributed by atoms with van der Waals surface area (Å²) in [5.41, 5.74) is 1.72. The van der Waals surface area contributed by atoms with Gasteiger partial charge in [-0.15, -0.1) is 0 Å². The Bertz CT molecular complexity index is 202. The molecule has 82 valence electrons. The van der Waals surface area contributed by atoms with Crippen molar-refractivity contribution in [2.45, 2.75) is 45.1 Å². The van der Waals surface area contributed by atoms with Crippen LogP contribution in [-0.4, -0.2) is 34.8 Å². The number of hydrogen-bond acceptors (Lipinski definition) is 1. The Morgan fingerprint density at radius 2 is 1.93 bits per heavy atom. The second-order valence-electron chi connectivity index (χ2n) is 4.67. The van der Waals surface area contributed by atoms with Crippen LogP contribution in [0.4, 0.5) is 0 Å². The molecule has 0 N–H and O–H groups in total. The molecule has 1 aliphatic heterocycles. The van der Waals surface area contributed by atoms with Crippen molar-refractivity contribution in [1.29, 1.82) is 0 Å². The van der Waals surface area contributed by atoms with Crippen LogP contribution in [-0.2, 0) is 0 Å². The maximum atomic E-state index is 2.52. The van der Waals surface area contributed by atoms with E-state index in [9.17, 15) is 0 Å². The molecule has 0 aliphatic carbocycles. The highest BCUT2D eigenvalue weighted by atomic mass is 28.1. The Morgan fingerprint density at radius 1 is 1.36 bits per heavy atom. The van der Waals surface area contributed by atoms with Crippen LogP contribution in [0.3, 0.4) is 0 Å². The molecule has 0 radical (unpaired) electrons. The third kappa shape index (κ3) is 2.96. The molecule has 14 heavy (non-hydrogen) atoms. The minimum atomic E-state index is 0.588. The van der Waals surface area contributed by atoms with Gasteiger partial charge in [-0.3, -0.25) is 0 Å². The van der Waals surface area contributed by atoms with Crippen molar-refractivity contribution in [3.8, 4) is 0 Å². The lowest BCUT2D eigenvalue weighted by molar-refractivity contribution is 0.512. The van der Waals surface area contributed by atoms with Crippen LogP contribution in [0, 0.1) is 0 Å². The molecule has 0 unspecified atom stereocenters. The van der Waals surface area contributed by atoms with Gasteiger partial charge in [0.2, 0.25) is 0 Å². The fourth-order valence-electron chi connectivity index (χ4n) is 2.07. The third-order valence-electron chi connectivity index (χ3n) is 3.92. The van der Waals surface area contributed by atoms with Crippen LogP contribution in [0.15, 0.2) is 11.6 Å². The zero-order valence-corrected chi connectivity index (χ0v) is 12.3. The van der Waals surface area contributed by atoms with E-state index in [-0.39, 0.29) is 0 Å². The summed E-state index contributed by atoms with van der Waals surface area (Å²) in [6.07, 6.45) is 6.34. The van der Waals surface area contributed by atoms with Crippen LogP contribution in [0.5, 0.6) is 0 Å². The van der Waals surface area contributed by atoms with E-state index in [2.05, 4.69) is 31.7 Å². The monoisotopic (exact) mass is 211 g/mol. The van der Waals surface area contributed by atoms with Gasteiger partial charge in [0.15, 0.2) is 0 Å². The molecule has 0 spiro atoms. The van der Waals surface area contributed by atoms with E-state index in [0.717, 1.165) is 0 Å². The molecule has 0 aromatic heterocycles. The molecular formula is C12H25NSi. The number of hydrogen-bond donors (Lipinski definition) is 0. The summed E-state index contributed by atoms with van der Waals surface area (Å²) < 4.78 is 0. The molecule has 1 rings (SSSR count). The first-order chi connectivity index (χ1) is 6.66. The minimum absolute atomic E-state index is 0.588. The number of allylic oxidation sites excluding steroid dienone is 1. The second-order valence-corrected chi connectivity index (χ2v) is 6.59. The zero-order chi connectivity index (χ0) is 10.6. The third-order valence-corrected chi connectivity index (χ3v) is 5.98. The lowest BCUT2D eigenvalue weighted by atomic mass is 9.89. The molecule has 0 bridgehead atoms. The van der Waals surface area contributed by atoms with Crippen LogP contribution in [0.1, 0.15) is 40.0 Å². The van der Waals surface area contributed by atoms with E-state index in [1.54, 1.807) is 5.57 Å². The predicted octanol–water partition coefficient (Wildman–Crippen LogP) is 1.98. The highest BCUT2D eigenvalue weighted by Gasteiger charge is 2.25. The molecule has 1 nitrogen and oxygen atoms in total. The van der Waals surface area contributed by atoms with Crippen LogP contribution < -0.4 is 0 Å². The number of nitrogens with zero attached hydrogens (tertiary/aromatic N) is 1. The van der Waals surface area contributed by atoms with Gasteiger partial charge in [-0.05, 0) is 18.4 Å². The quantitative estimate of drug-likeness (QED) is 0.369. The zero-order valence-electron chi connectivity index (χ0n) is 10.3. The smallest absolute Gasteiger partial charge is 0.0157 e. The molecule has 1 aliphatic rings. The number of rotatable bonds is 6. The van der Waals surface area contributed by atoms with Crippen molar-refractivity contribution in [1.82, 2.24) is 4.90 Å². The molecule has 0 atom stereocenters. The molecule has 0 saturated carbocycles. The standard InChI is InChI=1S/C12H25NSi/c1-4-11(7-8-13-9-10-13)12(14,5-2)6-3/h4H,5-10H2,1-3,14H3. The van der Waals surface area contributed by atoms with Crippen LogP contribution in [0.25, 0.3) is 0 Å². The lowest BCUT2D eigenvalue weighted by Crippen LogP contribution is -2.16. The molecule has 0 aromatic carbocycles. The van der Waals surface area contributed by atoms with E-state index in [1.807, 2.05) is 0 Å². The normalized spacial score (nSPS) is 18.9. The highest BCUT2D eigenvalue weighted by Crippen LogP contribution is 2.40. The summed E-state index contributed by atoms with van der Waals surface area (Å²) in [6.45, 7) is 10.9. The Kier molecular flexibility index (Phi) is 4.39. The topological polar surface area (TPSA) is 3.01 Å². The first-order valence-corrected chi connectivity index (χ1v) is 7.04. The summed E-state index contributed by atoms with van der Waals surface area (Å²) in [6, 6.07) is 0. The maximum absolute atomic E-state index is 2.52. The van der Waals surface area contributed by atoms with Crippen molar-refractivity contribution in [2.24, 2.45) is 0 Å². The Labute approximate surface area is 92.0 Å². The second kappa shape index (κ2) is 5.13. The van der Waals surface area contributed by atoms with Gasteiger partial charge in [0, 0.05) is 29.9 Å². The summed E-state index contributed by atoms with van der Waals surface area (Å²) in [4.78, 5) is 2.52. The lowest BCUT2D eigenvalue weighted by Gasteiger charge is -2.30. The maximum Gasteiger partial charge on any atom is 0.0157 e. The van der Waals surface area contributed by atoms with Crippen LogP contribution in [0.2, 0.25) is 5.04 Å². The summed E-state index contributed by atoms with van der Waals surface area (Å²) in [7, 11) is 1.31. The fraction of sp³-hybridized carbons (Fsp3) is 0.833. The molecule has 2 heteroatoms. The summed E-state index contributed by atoms with van der Waals surface area (Å²) >= 11 is 0. The van der Waals surface area contributed by atoms with Gasteiger partial charge in [0.05, 0.1) is 0 Å². The van der Waals surface area contributed by atoms with Gasteiger partial charge < -0.3 is 4.90 Å².